The molecule has 2 aromatic rings. The molecule has 1 aliphatic heterocycles. The Hall–Kier alpha value is -3.24. The molecule has 1 heterocycles. The van der Waals surface area contributed by atoms with Crippen LogP contribution in [0, 0.1) is 0 Å². The van der Waals surface area contributed by atoms with Gasteiger partial charge in [0.15, 0.2) is 0 Å². The van der Waals surface area contributed by atoms with Crippen molar-refractivity contribution in [3.8, 4) is 0 Å². The summed E-state index contributed by atoms with van der Waals surface area (Å²) < 4.78 is 25.4. The highest BCUT2D eigenvalue weighted by molar-refractivity contribution is 7.89. The van der Waals surface area contributed by atoms with Crippen LogP contribution in [0.5, 0.6) is 0 Å². The number of aryl methyl sites for hydroxylation is 1. The average Bonchev–Trinajstić information content (AvgIpc) is 2.99. The Morgan fingerprint density at radius 2 is 1.81 bits per heavy atom. The van der Waals surface area contributed by atoms with Crippen molar-refractivity contribution in [1.82, 2.24) is 14.5 Å². The Morgan fingerprint density at radius 3 is 2.50 bits per heavy atom. The summed E-state index contributed by atoms with van der Waals surface area (Å²) in [5.74, 6) is -0.991. The number of nitrogens with one attached hydrogen (secondary N) is 2. The summed E-state index contributed by atoms with van der Waals surface area (Å²) in [6.45, 7) is -0.438. The first-order valence-electron chi connectivity index (χ1n) is 10.2. The molecule has 32 heavy (non-hydrogen) atoms. The zero-order valence-corrected chi connectivity index (χ0v) is 18.6. The molecule has 2 N–H and O–H groups in total. The topological polar surface area (TPSA) is 116 Å². The van der Waals surface area contributed by atoms with E-state index < -0.39 is 40.0 Å². The van der Waals surface area contributed by atoms with Crippen LogP contribution in [-0.2, 0) is 31.6 Å². The number of fused-ring (bicyclic) bond motifs is 2. The van der Waals surface area contributed by atoms with Gasteiger partial charge in [0, 0.05) is 19.8 Å². The van der Waals surface area contributed by atoms with Gasteiger partial charge in [0.1, 0.15) is 12.1 Å². The smallest absolute Gasteiger partial charge is 0.325 e. The van der Waals surface area contributed by atoms with Crippen LogP contribution in [0.4, 0.5) is 10.5 Å². The monoisotopic (exact) mass is 456 g/mol. The average molecular weight is 457 g/mol. The van der Waals surface area contributed by atoms with E-state index in [1.165, 1.54) is 38.4 Å². The molecule has 4 amide bonds. The fourth-order valence-electron chi connectivity index (χ4n) is 4.22. The molecule has 168 valence electrons. The highest BCUT2D eigenvalue weighted by Crippen LogP contribution is 2.39. The predicted molar refractivity (Wildman–Crippen MR) is 117 cm³/mol. The quantitative estimate of drug-likeness (QED) is 0.664. The molecule has 2 aromatic carbocycles. The standard InChI is InChI=1S/C22H24N4O5S/c1-25(2)32(30,31)17-11-9-16(10-12-17)23-19(27)14-26-20(28)22(24-21(26)29)13-5-7-15-6-3-4-8-18(15)22/h3-4,6,8-12H,5,7,13-14H2,1-2H3,(H,23,27)(H,24,29)/t22-/m0/s1. The molecule has 0 bridgehead atoms. The lowest BCUT2D eigenvalue weighted by Gasteiger charge is -2.33. The highest BCUT2D eigenvalue weighted by atomic mass is 32.2. The van der Waals surface area contributed by atoms with Gasteiger partial charge in [0.05, 0.1) is 4.90 Å². The highest BCUT2D eigenvalue weighted by Gasteiger charge is 2.54. The molecule has 9 nitrogen and oxygen atoms in total. The number of nitrogens with zero attached hydrogens (tertiary/aromatic N) is 2. The molecule has 0 unspecified atom stereocenters. The molecule has 4 rings (SSSR count). The van der Waals surface area contributed by atoms with Crippen molar-refractivity contribution >= 4 is 33.6 Å². The van der Waals surface area contributed by atoms with Crippen molar-refractivity contribution in [2.24, 2.45) is 0 Å². The van der Waals surface area contributed by atoms with E-state index in [1.807, 2.05) is 24.3 Å². The van der Waals surface area contributed by atoms with E-state index in [-0.39, 0.29) is 4.90 Å². The number of carbonyl (C=O) groups excluding carboxylic acids is 3. The molecular weight excluding hydrogens is 432 g/mol. The van der Waals surface area contributed by atoms with E-state index in [1.54, 1.807) is 0 Å². The van der Waals surface area contributed by atoms with Crippen LogP contribution in [0.15, 0.2) is 53.4 Å². The summed E-state index contributed by atoms with van der Waals surface area (Å²) in [6, 6.07) is 12.6. The number of carbonyl (C=O) groups is 3. The molecule has 0 saturated carbocycles. The molecule has 2 aliphatic rings. The van der Waals surface area contributed by atoms with Gasteiger partial charge in [0.25, 0.3) is 5.91 Å². The van der Waals surface area contributed by atoms with Gasteiger partial charge in [0.2, 0.25) is 15.9 Å². The minimum Gasteiger partial charge on any atom is -0.325 e. The molecule has 10 heteroatoms. The summed E-state index contributed by atoms with van der Waals surface area (Å²) in [6.07, 6.45) is 2.07. The second kappa shape index (κ2) is 8.03. The Bertz CT molecular complexity index is 1190. The van der Waals surface area contributed by atoms with E-state index >= 15 is 0 Å². The third-order valence-corrected chi connectivity index (χ3v) is 7.70. The van der Waals surface area contributed by atoms with Crippen LogP contribution in [0.25, 0.3) is 0 Å². The number of anilines is 1. The Balaban J connectivity index is 1.48. The summed E-state index contributed by atoms with van der Waals surface area (Å²) >= 11 is 0. The van der Waals surface area contributed by atoms with E-state index in [0.29, 0.717) is 12.1 Å². The Morgan fingerprint density at radius 1 is 1.12 bits per heavy atom. The van der Waals surface area contributed by atoms with Gasteiger partial charge < -0.3 is 10.6 Å². The number of hydrogen-bond acceptors (Lipinski definition) is 5. The lowest BCUT2D eigenvalue weighted by molar-refractivity contribution is -0.134. The van der Waals surface area contributed by atoms with E-state index in [0.717, 1.165) is 33.2 Å². The zero-order valence-electron chi connectivity index (χ0n) is 17.8. The maximum absolute atomic E-state index is 13.3. The lowest BCUT2D eigenvalue weighted by atomic mass is 9.76. The first-order valence-corrected chi connectivity index (χ1v) is 11.6. The largest absolute Gasteiger partial charge is 0.325 e. The van der Waals surface area contributed by atoms with Crippen LogP contribution >= 0.6 is 0 Å². The number of hydrogen-bond donors (Lipinski definition) is 2. The van der Waals surface area contributed by atoms with Crippen molar-refractivity contribution in [2.45, 2.75) is 29.7 Å². The van der Waals surface area contributed by atoms with Gasteiger partial charge in [-0.1, -0.05) is 24.3 Å². The second-order valence-electron chi connectivity index (χ2n) is 8.10. The van der Waals surface area contributed by atoms with Crippen molar-refractivity contribution in [3.63, 3.8) is 0 Å². The van der Waals surface area contributed by atoms with Gasteiger partial charge in [-0.15, -0.1) is 0 Å². The molecule has 0 radical (unpaired) electrons. The molecule has 0 aromatic heterocycles. The van der Waals surface area contributed by atoms with Crippen molar-refractivity contribution in [3.05, 3.63) is 59.7 Å². The van der Waals surface area contributed by atoms with E-state index in [4.69, 9.17) is 0 Å². The molecule has 1 fully saturated rings. The third-order valence-electron chi connectivity index (χ3n) is 5.87. The molecule has 1 aliphatic carbocycles. The minimum atomic E-state index is -3.58. The first-order chi connectivity index (χ1) is 15.1. The number of urea groups is 1. The maximum atomic E-state index is 13.3. The summed E-state index contributed by atoms with van der Waals surface area (Å²) in [5.41, 5.74) is 1.03. The third kappa shape index (κ3) is 3.65. The van der Waals surface area contributed by atoms with Gasteiger partial charge in [-0.2, -0.15) is 0 Å². The van der Waals surface area contributed by atoms with Crippen molar-refractivity contribution < 1.29 is 22.8 Å². The predicted octanol–water partition coefficient (Wildman–Crippen LogP) is 1.66. The van der Waals surface area contributed by atoms with Gasteiger partial charge in [-0.3, -0.25) is 14.5 Å². The molecule has 1 atom stereocenters. The van der Waals surface area contributed by atoms with Gasteiger partial charge in [-0.05, 0) is 54.7 Å². The molecular formula is C22H24N4O5S. The molecule has 1 spiro atoms. The van der Waals surface area contributed by atoms with E-state index in [9.17, 15) is 22.8 Å². The van der Waals surface area contributed by atoms with Gasteiger partial charge in [-0.25, -0.2) is 17.5 Å². The zero-order chi connectivity index (χ0) is 23.1. The number of sulfonamides is 1. The number of benzene rings is 2. The van der Waals surface area contributed by atoms with Gasteiger partial charge >= 0.3 is 6.03 Å². The lowest BCUT2D eigenvalue weighted by Crippen LogP contribution is -2.47. The SMILES string of the molecule is CN(C)S(=O)(=O)c1ccc(NC(=O)CN2C(=O)N[C@]3(CCCc4ccccc43)C2=O)cc1. The minimum absolute atomic E-state index is 0.0903. The Kier molecular flexibility index (Phi) is 5.51. The number of amides is 4. The van der Waals surface area contributed by atoms with Crippen molar-refractivity contribution in [1.29, 1.82) is 0 Å². The van der Waals surface area contributed by atoms with Crippen LogP contribution in [0.2, 0.25) is 0 Å². The molecule has 1 saturated heterocycles. The number of imide groups is 1. The van der Waals surface area contributed by atoms with E-state index in [2.05, 4.69) is 10.6 Å². The second-order valence-corrected chi connectivity index (χ2v) is 10.2. The maximum Gasteiger partial charge on any atom is 0.325 e. The van der Waals surface area contributed by atoms with Crippen LogP contribution in [0.1, 0.15) is 24.0 Å². The summed E-state index contributed by atoms with van der Waals surface area (Å²) in [4.78, 5) is 39.4. The van der Waals surface area contributed by atoms with Crippen LogP contribution in [0.3, 0.4) is 0 Å². The number of rotatable bonds is 5. The summed E-state index contributed by atoms with van der Waals surface area (Å²) in [5, 5.41) is 5.42. The first kappa shape index (κ1) is 22.0. The van der Waals surface area contributed by atoms with Crippen LogP contribution in [-0.4, -0.2) is 56.1 Å². The fraction of sp³-hybridized carbons (Fsp3) is 0.318. The van der Waals surface area contributed by atoms with Crippen LogP contribution < -0.4 is 10.6 Å². The Labute approximate surface area is 186 Å². The normalized spacial score (nSPS) is 20.4. The fourth-order valence-corrected chi connectivity index (χ4v) is 5.12. The summed E-state index contributed by atoms with van der Waals surface area (Å²) in [7, 11) is -0.719. The van der Waals surface area contributed by atoms with Crippen molar-refractivity contribution in [2.75, 3.05) is 26.0 Å².